The highest BCUT2D eigenvalue weighted by atomic mass is 32.2. The quantitative estimate of drug-likeness (QED) is 0.557. The monoisotopic (exact) mass is 224 g/mol. The molecule has 0 amide bonds. The zero-order valence-corrected chi connectivity index (χ0v) is 8.39. The second kappa shape index (κ2) is 4.56. The lowest BCUT2D eigenvalue weighted by Gasteiger charge is -2.03. The van der Waals surface area contributed by atoms with Gasteiger partial charge in [-0.2, -0.15) is 10.5 Å². The average molecular weight is 224 g/mol. The Labute approximate surface area is 88.3 Å². The predicted molar refractivity (Wildman–Crippen MR) is 53.8 cm³/mol. The van der Waals surface area contributed by atoms with Crippen molar-refractivity contribution in [3.63, 3.8) is 0 Å². The molecule has 70 valence electrons. The van der Waals surface area contributed by atoms with E-state index in [1.54, 1.807) is 0 Å². The maximum absolute atomic E-state index is 8.42. The highest BCUT2D eigenvalue weighted by Crippen LogP contribution is 2.27. The number of thiocyanates is 2. The Morgan fingerprint density at radius 1 is 0.929 bits per heavy atom. The van der Waals surface area contributed by atoms with Crippen LogP contribution in [-0.2, 0) is 0 Å². The standard InChI is InChI=1S/C6H4N6S2/c7-1-13-5-3(9)11-4(10)6(12-5)14-2-8/h(H4,9,10,11). The Morgan fingerprint density at radius 3 is 1.71 bits per heavy atom. The van der Waals surface area contributed by atoms with Gasteiger partial charge in [0.25, 0.3) is 0 Å². The van der Waals surface area contributed by atoms with Crippen molar-refractivity contribution in [2.45, 2.75) is 10.1 Å². The third-order valence-corrected chi connectivity index (χ3v) is 2.34. The van der Waals surface area contributed by atoms with E-state index in [2.05, 4.69) is 9.97 Å². The van der Waals surface area contributed by atoms with Gasteiger partial charge in [-0.1, -0.05) is 0 Å². The van der Waals surface area contributed by atoms with Gasteiger partial charge < -0.3 is 11.5 Å². The van der Waals surface area contributed by atoms with Crippen molar-refractivity contribution in [2.75, 3.05) is 11.5 Å². The Bertz CT molecular complexity index is 394. The summed E-state index contributed by atoms with van der Waals surface area (Å²) in [6, 6.07) is 0. The molecule has 0 saturated carbocycles. The summed E-state index contributed by atoms with van der Waals surface area (Å²) < 4.78 is 0. The van der Waals surface area contributed by atoms with Crippen LogP contribution in [0.4, 0.5) is 11.6 Å². The average Bonchev–Trinajstić information content (AvgIpc) is 2.14. The number of nitrogens with zero attached hydrogens (tertiary/aromatic N) is 4. The van der Waals surface area contributed by atoms with Crippen LogP contribution in [0.25, 0.3) is 0 Å². The molecule has 6 nitrogen and oxygen atoms in total. The summed E-state index contributed by atoms with van der Waals surface area (Å²) in [5.41, 5.74) is 10.9. The molecule has 0 unspecified atom stereocenters. The van der Waals surface area contributed by atoms with E-state index in [4.69, 9.17) is 22.0 Å². The van der Waals surface area contributed by atoms with Gasteiger partial charge >= 0.3 is 0 Å². The van der Waals surface area contributed by atoms with Gasteiger partial charge in [-0.05, 0) is 0 Å². The summed E-state index contributed by atoms with van der Waals surface area (Å²) in [6.07, 6.45) is 0. The van der Waals surface area contributed by atoms with Crippen LogP contribution in [0.3, 0.4) is 0 Å². The number of nitrogen functional groups attached to an aromatic ring is 2. The fraction of sp³-hybridized carbons (Fsp3) is 0. The van der Waals surface area contributed by atoms with Crippen molar-refractivity contribution in [1.82, 2.24) is 9.97 Å². The van der Waals surface area contributed by atoms with Gasteiger partial charge in [0.05, 0.1) is 0 Å². The summed E-state index contributed by atoms with van der Waals surface area (Å²) in [5.74, 6) is 0.188. The Kier molecular flexibility index (Phi) is 3.40. The van der Waals surface area contributed by atoms with Crippen LogP contribution in [0.1, 0.15) is 0 Å². The molecule has 0 aliphatic carbocycles. The molecule has 0 aliphatic rings. The largest absolute Gasteiger partial charge is 0.381 e. The third-order valence-electron chi connectivity index (χ3n) is 1.17. The third kappa shape index (κ3) is 2.19. The summed E-state index contributed by atoms with van der Waals surface area (Å²) in [5, 5.41) is 21.0. The molecule has 0 bridgehead atoms. The minimum Gasteiger partial charge on any atom is -0.381 e. The van der Waals surface area contributed by atoms with E-state index in [1.165, 1.54) is 0 Å². The maximum Gasteiger partial charge on any atom is 0.159 e. The van der Waals surface area contributed by atoms with Gasteiger partial charge in [-0.25, -0.2) is 9.97 Å². The summed E-state index contributed by atoms with van der Waals surface area (Å²) in [4.78, 5) is 7.68. The zero-order valence-electron chi connectivity index (χ0n) is 6.76. The molecule has 0 spiro atoms. The number of hydrogen-bond acceptors (Lipinski definition) is 8. The highest BCUT2D eigenvalue weighted by molar-refractivity contribution is 8.04. The Hall–Kier alpha value is -1.64. The summed E-state index contributed by atoms with van der Waals surface area (Å²) in [6.45, 7) is 0. The van der Waals surface area contributed by atoms with Crippen molar-refractivity contribution in [2.24, 2.45) is 0 Å². The van der Waals surface area contributed by atoms with Gasteiger partial charge in [0.1, 0.15) is 10.8 Å². The molecule has 0 fully saturated rings. The lowest BCUT2D eigenvalue weighted by Crippen LogP contribution is -2.02. The van der Waals surface area contributed by atoms with E-state index in [0.29, 0.717) is 0 Å². The number of rotatable bonds is 2. The van der Waals surface area contributed by atoms with Crippen LogP contribution >= 0.6 is 23.5 Å². The van der Waals surface area contributed by atoms with Gasteiger partial charge in [0.2, 0.25) is 0 Å². The molecule has 1 aromatic heterocycles. The lowest BCUT2D eigenvalue weighted by atomic mass is 10.6. The van der Waals surface area contributed by atoms with Crippen molar-refractivity contribution in [1.29, 1.82) is 10.5 Å². The second-order valence-electron chi connectivity index (χ2n) is 1.99. The summed E-state index contributed by atoms with van der Waals surface area (Å²) >= 11 is 1.56. The van der Waals surface area contributed by atoms with Gasteiger partial charge in [0.15, 0.2) is 21.7 Å². The lowest BCUT2D eigenvalue weighted by molar-refractivity contribution is 0.974. The van der Waals surface area contributed by atoms with E-state index in [0.717, 1.165) is 23.5 Å². The molecular formula is C6H4N6S2. The van der Waals surface area contributed by atoms with Crippen molar-refractivity contribution >= 4 is 35.2 Å². The maximum atomic E-state index is 8.42. The number of nitriles is 2. The molecule has 0 saturated heterocycles. The molecular weight excluding hydrogens is 220 g/mol. The molecule has 0 aromatic carbocycles. The first kappa shape index (κ1) is 10.4. The number of thioether (sulfide) groups is 2. The van der Waals surface area contributed by atoms with Crippen LogP contribution in [0.2, 0.25) is 0 Å². The van der Waals surface area contributed by atoms with E-state index < -0.39 is 0 Å². The predicted octanol–water partition coefficient (Wildman–Crippen LogP) is 0.787. The number of anilines is 2. The summed E-state index contributed by atoms with van der Waals surface area (Å²) in [7, 11) is 0. The van der Waals surface area contributed by atoms with Crippen molar-refractivity contribution < 1.29 is 0 Å². The fourth-order valence-corrected chi connectivity index (χ4v) is 1.47. The van der Waals surface area contributed by atoms with Crippen LogP contribution in [0, 0.1) is 21.3 Å². The first-order chi connectivity index (χ1) is 6.69. The Morgan fingerprint density at radius 2 is 1.36 bits per heavy atom. The molecule has 4 N–H and O–H groups in total. The van der Waals surface area contributed by atoms with Gasteiger partial charge in [0, 0.05) is 23.5 Å². The topological polar surface area (TPSA) is 125 Å². The number of hydrogen-bond donors (Lipinski definition) is 2. The van der Waals surface area contributed by atoms with Crippen molar-refractivity contribution in [3.8, 4) is 10.8 Å². The van der Waals surface area contributed by atoms with E-state index in [-0.39, 0.29) is 21.7 Å². The van der Waals surface area contributed by atoms with Crippen LogP contribution in [-0.4, -0.2) is 9.97 Å². The first-order valence-corrected chi connectivity index (χ1v) is 4.87. The van der Waals surface area contributed by atoms with Crippen LogP contribution in [0.15, 0.2) is 10.1 Å². The first-order valence-electron chi connectivity index (χ1n) is 3.24. The molecule has 1 rings (SSSR count). The molecule has 0 aliphatic heterocycles. The Balaban J connectivity index is 3.16. The smallest absolute Gasteiger partial charge is 0.159 e. The second-order valence-corrected chi connectivity index (χ2v) is 3.54. The zero-order chi connectivity index (χ0) is 10.6. The minimum absolute atomic E-state index is 0.0938. The van der Waals surface area contributed by atoms with Crippen LogP contribution in [0.5, 0.6) is 0 Å². The van der Waals surface area contributed by atoms with Crippen molar-refractivity contribution in [3.05, 3.63) is 0 Å². The van der Waals surface area contributed by atoms with Gasteiger partial charge in [-0.3, -0.25) is 0 Å². The van der Waals surface area contributed by atoms with Gasteiger partial charge in [-0.15, -0.1) is 0 Å². The SMILES string of the molecule is N#CSc1nc(SC#N)c(N)nc1N. The molecule has 0 radical (unpaired) electrons. The highest BCUT2D eigenvalue weighted by Gasteiger charge is 2.10. The van der Waals surface area contributed by atoms with E-state index in [9.17, 15) is 0 Å². The molecule has 14 heavy (non-hydrogen) atoms. The number of nitrogens with two attached hydrogens (primary N) is 2. The van der Waals surface area contributed by atoms with Crippen LogP contribution < -0.4 is 11.5 Å². The normalized spacial score (nSPS) is 9.00. The minimum atomic E-state index is 0.0938. The van der Waals surface area contributed by atoms with E-state index in [1.807, 2.05) is 10.8 Å². The molecule has 1 aromatic rings. The molecule has 1 heterocycles. The molecule has 8 heteroatoms. The van der Waals surface area contributed by atoms with E-state index >= 15 is 0 Å². The number of aromatic nitrogens is 2. The molecule has 0 atom stereocenters. The fourth-order valence-electron chi connectivity index (χ4n) is 0.669.